The first-order valence-electron chi connectivity index (χ1n) is 4.18. The Hall–Kier alpha value is -1.79. The lowest BCUT2D eigenvalue weighted by Gasteiger charge is -2.10. The van der Waals surface area contributed by atoms with Gasteiger partial charge in [0.1, 0.15) is 0 Å². The van der Waals surface area contributed by atoms with Crippen molar-refractivity contribution in [1.82, 2.24) is 4.98 Å². The van der Waals surface area contributed by atoms with Crippen molar-refractivity contribution in [3.8, 4) is 5.88 Å². The highest BCUT2D eigenvalue weighted by atomic mass is 19.3. The van der Waals surface area contributed by atoms with Crippen molar-refractivity contribution < 1.29 is 27.8 Å². The van der Waals surface area contributed by atoms with Crippen molar-refractivity contribution in [2.45, 2.75) is 12.8 Å². The average molecular weight is 235 g/mol. The quantitative estimate of drug-likeness (QED) is 0.864. The lowest BCUT2D eigenvalue weighted by Crippen LogP contribution is -2.09. The van der Waals surface area contributed by atoms with E-state index in [9.17, 15) is 18.0 Å². The molecule has 7 heteroatoms. The highest BCUT2D eigenvalue weighted by molar-refractivity contribution is 5.71. The van der Waals surface area contributed by atoms with E-state index < -0.39 is 41.6 Å². The van der Waals surface area contributed by atoms with Gasteiger partial charge in [-0.2, -0.15) is 0 Å². The second kappa shape index (κ2) is 4.82. The summed E-state index contributed by atoms with van der Waals surface area (Å²) in [6.45, 7) is 0. The summed E-state index contributed by atoms with van der Waals surface area (Å²) in [5.41, 5.74) is -1.34. The maximum absolute atomic E-state index is 13.5. The maximum atomic E-state index is 13.5. The molecular weight excluding hydrogens is 227 g/mol. The van der Waals surface area contributed by atoms with Gasteiger partial charge in [-0.15, -0.1) is 0 Å². The number of carboxylic acid groups (broad SMARTS) is 1. The highest BCUT2D eigenvalue weighted by Gasteiger charge is 2.22. The van der Waals surface area contributed by atoms with Crippen LogP contribution in [-0.4, -0.2) is 23.2 Å². The Kier molecular flexibility index (Phi) is 3.70. The number of ether oxygens (including phenoxy) is 1. The zero-order valence-electron chi connectivity index (χ0n) is 8.21. The minimum atomic E-state index is -2.98. The molecule has 0 saturated heterocycles. The zero-order valence-corrected chi connectivity index (χ0v) is 8.21. The molecule has 0 saturated carbocycles. The number of nitrogens with zero attached hydrogens (tertiary/aromatic N) is 1. The van der Waals surface area contributed by atoms with Crippen LogP contribution in [0.2, 0.25) is 0 Å². The molecule has 88 valence electrons. The minimum Gasteiger partial charge on any atom is -0.481 e. The summed E-state index contributed by atoms with van der Waals surface area (Å²) in [6, 6.07) is 0. The van der Waals surface area contributed by atoms with Crippen molar-refractivity contribution in [2.24, 2.45) is 0 Å². The van der Waals surface area contributed by atoms with Crippen LogP contribution < -0.4 is 4.74 Å². The number of methoxy groups -OCH3 is 1. The molecule has 0 radical (unpaired) electrons. The van der Waals surface area contributed by atoms with Gasteiger partial charge >= 0.3 is 5.97 Å². The monoisotopic (exact) mass is 235 g/mol. The van der Waals surface area contributed by atoms with Gasteiger partial charge in [0.2, 0.25) is 5.88 Å². The SMILES string of the molecule is COc1ncc(C(F)F)c(CC(=O)O)c1F. The summed E-state index contributed by atoms with van der Waals surface area (Å²) in [5, 5.41) is 8.49. The number of carbonyl (C=O) groups is 1. The van der Waals surface area contributed by atoms with Crippen LogP contribution in [0.1, 0.15) is 17.6 Å². The number of halogens is 3. The predicted molar refractivity (Wildman–Crippen MR) is 47.0 cm³/mol. The molecule has 16 heavy (non-hydrogen) atoms. The van der Waals surface area contributed by atoms with Gasteiger partial charge in [0.05, 0.1) is 13.5 Å². The number of hydrogen-bond donors (Lipinski definition) is 1. The Bertz CT molecular complexity index is 409. The van der Waals surface area contributed by atoms with E-state index in [2.05, 4.69) is 9.72 Å². The lowest BCUT2D eigenvalue weighted by molar-refractivity contribution is -0.136. The third kappa shape index (κ3) is 2.41. The van der Waals surface area contributed by atoms with Crippen LogP contribution in [0.25, 0.3) is 0 Å². The smallest absolute Gasteiger partial charge is 0.307 e. The molecule has 0 aliphatic carbocycles. The second-order valence-corrected chi connectivity index (χ2v) is 2.89. The molecule has 1 N–H and O–H groups in total. The number of aliphatic carboxylic acids is 1. The highest BCUT2D eigenvalue weighted by Crippen LogP contribution is 2.28. The van der Waals surface area contributed by atoms with E-state index in [-0.39, 0.29) is 0 Å². The lowest BCUT2D eigenvalue weighted by atomic mass is 10.1. The average Bonchev–Trinajstić information content (AvgIpc) is 2.19. The van der Waals surface area contributed by atoms with Crippen molar-refractivity contribution in [3.05, 3.63) is 23.1 Å². The predicted octanol–water partition coefficient (Wildman–Crippen LogP) is 1.79. The molecule has 1 rings (SSSR count). The summed E-state index contributed by atoms with van der Waals surface area (Å²) in [5.74, 6) is -3.07. The van der Waals surface area contributed by atoms with Crippen LogP contribution >= 0.6 is 0 Å². The molecule has 0 amide bonds. The fourth-order valence-electron chi connectivity index (χ4n) is 1.18. The standard InChI is InChI=1S/C9H8F3NO3/c1-16-9-7(10)4(2-6(14)15)5(3-13-9)8(11)12/h3,8H,2H2,1H3,(H,14,15). The van der Waals surface area contributed by atoms with Gasteiger partial charge in [-0.3, -0.25) is 4.79 Å². The number of aromatic nitrogens is 1. The summed E-state index contributed by atoms with van der Waals surface area (Å²) in [4.78, 5) is 13.7. The van der Waals surface area contributed by atoms with Crippen molar-refractivity contribution in [2.75, 3.05) is 7.11 Å². The van der Waals surface area contributed by atoms with Crippen molar-refractivity contribution >= 4 is 5.97 Å². The Balaban J connectivity index is 3.30. The van der Waals surface area contributed by atoms with E-state index in [1.807, 2.05) is 0 Å². The van der Waals surface area contributed by atoms with Crippen LogP contribution in [-0.2, 0) is 11.2 Å². The van der Waals surface area contributed by atoms with Crippen LogP contribution in [0.15, 0.2) is 6.20 Å². The first-order chi connectivity index (χ1) is 7.47. The minimum absolute atomic E-state index is 0.499. The molecule has 1 heterocycles. The van der Waals surface area contributed by atoms with E-state index in [0.717, 1.165) is 7.11 Å². The molecule has 0 fully saturated rings. The Labute approximate surface area is 88.7 Å². The fraction of sp³-hybridized carbons (Fsp3) is 0.333. The molecule has 0 spiro atoms. The molecule has 0 bridgehead atoms. The third-order valence-corrected chi connectivity index (χ3v) is 1.88. The maximum Gasteiger partial charge on any atom is 0.307 e. The molecule has 4 nitrogen and oxygen atoms in total. The van der Waals surface area contributed by atoms with Crippen LogP contribution in [0, 0.1) is 5.82 Å². The molecule has 0 aliphatic heterocycles. The van der Waals surface area contributed by atoms with Crippen LogP contribution in [0.5, 0.6) is 5.88 Å². The van der Waals surface area contributed by atoms with E-state index in [1.54, 1.807) is 0 Å². The Morgan fingerprint density at radius 2 is 2.25 bits per heavy atom. The number of hydrogen-bond acceptors (Lipinski definition) is 3. The summed E-state index contributed by atoms with van der Waals surface area (Å²) in [7, 11) is 1.11. The van der Waals surface area contributed by atoms with Crippen molar-refractivity contribution in [1.29, 1.82) is 0 Å². The van der Waals surface area contributed by atoms with Gasteiger partial charge in [0.15, 0.2) is 5.82 Å². The first kappa shape index (κ1) is 12.3. The molecular formula is C9H8F3NO3. The molecule has 0 unspecified atom stereocenters. The van der Waals surface area contributed by atoms with Crippen molar-refractivity contribution in [3.63, 3.8) is 0 Å². The molecule has 0 aliphatic rings. The Morgan fingerprint density at radius 1 is 1.62 bits per heavy atom. The van der Waals surface area contributed by atoms with Gasteiger partial charge in [0, 0.05) is 17.3 Å². The first-order valence-corrected chi connectivity index (χ1v) is 4.18. The van der Waals surface area contributed by atoms with E-state index in [4.69, 9.17) is 5.11 Å². The second-order valence-electron chi connectivity index (χ2n) is 2.89. The van der Waals surface area contributed by atoms with Crippen LogP contribution in [0.4, 0.5) is 13.2 Å². The number of alkyl halides is 2. The number of carboxylic acids is 1. The van der Waals surface area contributed by atoms with E-state index >= 15 is 0 Å². The summed E-state index contributed by atoms with van der Waals surface area (Å²) < 4.78 is 42.9. The summed E-state index contributed by atoms with van der Waals surface area (Å²) >= 11 is 0. The van der Waals surface area contributed by atoms with Gasteiger partial charge in [0.25, 0.3) is 6.43 Å². The Morgan fingerprint density at radius 3 is 2.69 bits per heavy atom. The fourth-order valence-corrected chi connectivity index (χ4v) is 1.18. The van der Waals surface area contributed by atoms with E-state index in [0.29, 0.717) is 6.20 Å². The van der Waals surface area contributed by atoms with Gasteiger partial charge in [-0.05, 0) is 0 Å². The topological polar surface area (TPSA) is 59.4 Å². The molecule has 1 aromatic rings. The molecule has 0 aromatic carbocycles. The number of rotatable bonds is 4. The van der Waals surface area contributed by atoms with Gasteiger partial charge in [-0.25, -0.2) is 18.2 Å². The normalized spacial score (nSPS) is 10.6. The summed E-state index contributed by atoms with van der Waals surface area (Å²) in [6.07, 6.45) is -3.11. The van der Waals surface area contributed by atoms with Crippen LogP contribution in [0.3, 0.4) is 0 Å². The molecule has 1 aromatic heterocycles. The van der Waals surface area contributed by atoms with Gasteiger partial charge in [-0.1, -0.05) is 0 Å². The largest absolute Gasteiger partial charge is 0.481 e. The third-order valence-electron chi connectivity index (χ3n) is 1.88. The van der Waals surface area contributed by atoms with Gasteiger partial charge < -0.3 is 9.84 Å². The zero-order chi connectivity index (χ0) is 12.3. The van der Waals surface area contributed by atoms with E-state index in [1.165, 1.54) is 0 Å². The number of pyridine rings is 1. The molecule has 0 atom stereocenters.